The van der Waals surface area contributed by atoms with Crippen molar-refractivity contribution in [3.05, 3.63) is 11.6 Å². The first-order valence-electron chi connectivity index (χ1n) is 15.0. The van der Waals surface area contributed by atoms with Crippen LogP contribution in [0, 0.1) is 28.6 Å². The average molecular weight is 549 g/mol. The van der Waals surface area contributed by atoms with Crippen molar-refractivity contribution in [1.29, 1.82) is 0 Å². The highest BCUT2D eigenvalue weighted by molar-refractivity contribution is 5.85. The summed E-state index contributed by atoms with van der Waals surface area (Å²) in [6, 6.07) is 0. The third-order valence-corrected chi connectivity index (χ3v) is 12.7. The maximum absolute atomic E-state index is 12.6. The minimum atomic E-state index is -1.06. The zero-order valence-corrected chi connectivity index (χ0v) is 23.5. The summed E-state index contributed by atoms with van der Waals surface area (Å²) >= 11 is 0. The first kappa shape index (κ1) is 26.8. The van der Waals surface area contributed by atoms with E-state index in [2.05, 4.69) is 13.8 Å². The van der Waals surface area contributed by atoms with E-state index in [4.69, 9.17) is 23.7 Å². The molecule has 7 rings (SSSR count). The van der Waals surface area contributed by atoms with Crippen LogP contribution >= 0.6 is 0 Å². The van der Waals surface area contributed by atoms with Gasteiger partial charge in [-0.15, -0.1) is 0 Å². The van der Waals surface area contributed by atoms with Crippen molar-refractivity contribution in [2.24, 2.45) is 28.6 Å². The molecule has 7 aliphatic rings. The lowest BCUT2D eigenvalue weighted by Gasteiger charge is -2.62. The van der Waals surface area contributed by atoms with Gasteiger partial charge in [-0.1, -0.05) is 13.8 Å². The molecule has 6 fully saturated rings. The van der Waals surface area contributed by atoms with Crippen LogP contribution in [0.25, 0.3) is 0 Å². The maximum Gasteiger partial charge on any atom is 0.331 e. The zero-order chi connectivity index (χ0) is 27.5. The van der Waals surface area contributed by atoms with Gasteiger partial charge < -0.3 is 39.0 Å². The quantitative estimate of drug-likeness (QED) is 0.275. The Bertz CT molecular complexity index is 1060. The number of hydrogen-bond acceptors (Lipinski definition) is 9. The molecule has 0 amide bonds. The maximum atomic E-state index is 12.6. The summed E-state index contributed by atoms with van der Waals surface area (Å²) in [5.74, 6) is 0.532. The summed E-state index contributed by atoms with van der Waals surface area (Å²) in [5, 5.41) is 33.7. The summed E-state index contributed by atoms with van der Waals surface area (Å²) in [5.41, 5.74) is -0.712. The second-order valence-corrected chi connectivity index (χ2v) is 14.0. The SMILES string of the molecule is CO[C@@H]1[C@H](O)[C@@H](O[C@H]2CC[C@@]3(C)[C@@H](C2)C[C@@H]2O[C@]24[C@@H]3CC[C@]2(C)[C@H](C3=CC(=O)OC3)CC[C@]42O)O[C@@H](C)[C@@H]1O. The third-order valence-electron chi connectivity index (χ3n) is 12.7. The van der Waals surface area contributed by atoms with E-state index in [0.717, 1.165) is 50.5 Å². The molecule has 4 saturated carbocycles. The van der Waals surface area contributed by atoms with Gasteiger partial charge in [-0.25, -0.2) is 4.79 Å². The summed E-state index contributed by atoms with van der Waals surface area (Å²) in [6.07, 6.45) is 4.59. The molecule has 0 aromatic heterocycles. The van der Waals surface area contributed by atoms with E-state index in [9.17, 15) is 20.1 Å². The highest BCUT2D eigenvalue weighted by Crippen LogP contribution is 2.77. The molecule has 0 aromatic carbocycles. The number of hydrogen-bond donors (Lipinski definition) is 3. The molecule has 9 nitrogen and oxygen atoms in total. The van der Waals surface area contributed by atoms with Gasteiger partial charge in [-0.05, 0) is 87.0 Å². The molecule has 3 N–H and O–H groups in total. The number of epoxide rings is 1. The monoisotopic (exact) mass is 548 g/mol. The molecule has 9 heteroatoms. The van der Waals surface area contributed by atoms with Crippen LogP contribution in [-0.4, -0.2) is 89.1 Å². The van der Waals surface area contributed by atoms with Gasteiger partial charge in [0.1, 0.15) is 36.1 Å². The number of fused-ring (bicyclic) bond motifs is 3. The Kier molecular flexibility index (Phi) is 6.00. The van der Waals surface area contributed by atoms with E-state index in [-0.39, 0.29) is 40.8 Å². The van der Waals surface area contributed by atoms with Gasteiger partial charge in [0.15, 0.2) is 6.29 Å². The fourth-order valence-electron chi connectivity index (χ4n) is 10.5. The van der Waals surface area contributed by atoms with Crippen LogP contribution in [0.1, 0.15) is 72.1 Å². The molecule has 0 aromatic rings. The van der Waals surface area contributed by atoms with Crippen LogP contribution in [-0.2, 0) is 28.5 Å². The van der Waals surface area contributed by atoms with Gasteiger partial charge in [0.2, 0.25) is 0 Å². The lowest BCUT2D eigenvalue weighted by molar-refractivity contribution is -0.312. The van der Waals surface area contributed by atoms with Crippen molar-refractivity contribution in [2.45, 2.75) is 126 Å². The van der Waals surface area contributed by atoms with Crippen LogP contribution in [0.15, 0.2) is 11.6 Å². The first-order chi connectivity index (χ1) is 18.5. The smallest absolute Gasteiger partial charge is 0.331 e. The second kappa shape index (κ2) is 8.72. The molecule has 14 atom stereocenters. The number of cyclic esters (lactones) is 1. The number of carbonyl (C=O) groups excluding carboxylic acids is 1. The number of aliphatic hydroxyl groups excluding tert-OH is 2. The summed E-state index contributed by atoms with van der Waals surface area (Å²) in [7, 11) is 1.48. The minimum absolute atomic E-state index is 0.0261. The van der Waals surface area contributed by atoms with Crippen molar-refractivity contribution in [3.63, 3.8) is 0 Å². The Hall–Kier alpha value is -1.07. The Morgan fingerprint density at radius 3 is 2.56 bits per heavy atom. The number of aliphatic hydroxyl groups is 3. The number of ether oxygens (including phenoxy) is 5. The predicted octanol–water partition coefficient (Wildman–Crippen LogP) is 2.24. The van der Waals surface area contributed by atoms with Gasteiger partial charge in [-0.2, -0.15) is 0 Å². The lowest BCUT2D eigenvalue weighted by Crippen LogP contribution is -2.68. The second-order valence-electron chi connectivity index (χ2n) is 14.0. The van der Waals surface area contributed by atoms with E-state index in [1.54, 1.807) is 13.0 Å². The standard InChI is InChI=1S/C30H44O9/c1-15-23(32)25(35-4)24(33)26(37-15)38-18-5-8-27(2)17(12-18)13-21-30(39-21)20(27)7-9-28(3)19(6-10-29(28,30)34)16-11-22(31)36-14-16/h11,15,17-21,23-26,32-34H,5-10,12-14H2,1-4H3/t15-,17-,18-,19-,20+,21-,23-,24-,25-,26+,27-,28+,29+,30+/m0/s1. The normalized spacial score (nSPS) is 58.0. The largest absolute Gasteiger partial charge is 0.458 e. The van der Waals surface area contributed by atoms with E-state index in [1.165, 1.54) is 7.11 Å². The Morgan fingerprint density at radius 2 is 1.85 bits per heavy atom. The van der Waals surface area contributed by atoms with Gasteiger partial charge >= 0.3 is 5.97 Å². The molecule has 218 valence electrons. The molecular formula is C30H44O9. The van der Waals surface area contributed by atoms with Gasteiger partial charge in [0.05, 0.1) is 18.3 Å². The molecule has 3 heterocycles. The average Bonchev–Trinajstić information content (AvgIpc) is 3.34. The van der Waals surface area contributed by atoms with Crippen LogP contribution < -0.4 is 0 Å². The van der Waals surface area contributed by atoms with Crippen molar-refractivity contribution in [1.82, 2.24) is 0 Å². The number of carbonyl (C=O) groups is 1. The number of methoxy groups -OCH3 is 1. The van der Waals surface area contributed by atoms with Crippen LogP contribution in [0.3, 0.4) is 0 Å². The Labute approximate surface area is 230 Å². The van der Waals surface area contributed by atoms with Gasteiger partial charge in [0, 0.05) is 18.6 Å². The predicted molar refractivity (Wildman–Crippen MR) is 137 cm³/mol. The van der Waals surface area contributed by atoms with Crippen LogP contribution in [0.2, 0.25) is 0 Å². The molecule has 4 aliphatic carbocycles. The van der Waals surface area contributed by atoms with Crippen LogP contribution in [0.4, 0.5) is 0 Å². The third kappa shape index (κ3) is 3.41. The summed E-state index contributed by atoms with van der Waals surface area (Å²) in [4.78, 5) is 11.9. The molecule has 0 bridgehead atoms. The molecule has 2 saturated heterocycles. The molecule has 1 spiro atoms. The minimum Gasteiger partial charge on any atom is -0.458 e. The Morgan fingerprint density at radius 1 is 1.05 bits per heavy atom. The molecular weight excluding hydrogens is 504 g/mol. The van der Waals surface area contributed by atoms with E-state index >= 15 is 0 Å². The Balaban J connectivity index is 1.09. The van der Waals surface area contributed by atoms with Gasteiger partial charge in [-0.3, -0.25) is 0 Å². The van der Waals surface area contributed by atoms with Crippen molar-refractivity contribution < 1.29 is 43.8 Å². The van der Waals surface area contributed by atoms with Crippen molar-refractivity contribution in [3.8, 4) is 0 Å². The number of rotatable bonds is 4. The van der Waals surface area contributed by atoms with Gasteiger partial charge in [0.25, 0.3) is 0 Å². The zero-order valence-electron chi connectivity index (χ0n) is 23.5. The summed E-state index contributed by atoms with van der Waals surface area (Å²) < 4.78 is 29.5. The molecule has 0 radical (unpaired) electrons. The summed E-state index contributed by atoms with van der Waals surface area (Å²) in [6.45, 7) is 6.73. The fraction of sp³-hybridized carbons (Fsp3) is 0.900. The molecule has 0 unspecified atom stereocenters. The number of esters is 1. The highest BCUT2D eigenvalue weighted by atomic mass is 16.7. The van der Waals surface area contributed by atoms with Crippen molar-refractivity contribution in [2.75, 3.05) is 13.7 Å². The fourth-order valence-corrected chi connectivity index (χ4v) is 10.5. The lowest BCUT2D eigenvalue weighted by atomic mass is 9.43. The highest BCUT2D eigenvalue weighted by Gasteiger charge is 2.84. The van der Waals surface area contributed by atoms with Crippen LogP contribution in [0.5, 0.6) is 0 Å². The van der Waals surface area contributed by atoms with E-state index < -0.39 is 41.9 Å². The topological polar surface area (TPSA) is 127 Å². The van der Waals surface area contributed by atoms with E-state index in [0.29, 0.717) is 18.9 Å². The molecule has 3 aliphatic heterocycles. The van der Waals surface area contributed by atoms with E-state index in [1.807, 2.05) is 0 Å². The first-order valence-corrected chi connectivity index (χ1v) is 15.0. The van der Waals surface area contributed by atoms with Crippen molar-refractivity contribution >= 4 is 5.97 Å². The molecule has 39 heavy (non-hydrogen) atoms.